The number of benzene rings is 2. The van der Waals surface area contributed by atoms with Gasteiger partial charge in [-0.15, -0.1) is 0 Å². The first kappa shape index (κ1) is 38.5. The first-order valence-corrected chi connectivity index (χ1v) is 20.9. The zero-order valence-electron chi connectivity index (χ0n) is 33.7. The largest absolute Gasteiger partial charge is 0.494 e. The van der Waals surface area contributed by atoms with Gasteiger partial charge < -0.3 is 23.4 Å². The van der Waals surface area contributed by atoms with Gasteiger partial charge in [-0.25, -0.2) is 4.79 Å². The molecule has 7 heteroatoms. The van der Waals surface area contributed by atoms with E-state index >= 15 is 0 Å². The van der Waals surface area contributed by atoms with Gasteiger partial charge in [-0.3, -0.25) is 4.79 Å². The second-order valence-electron chi connectivity index (χ2n) is 17.9. The predicted octanol–water partition coefficient (Wildman–Crippen LogP) is 11.6. The molecule has 3 saturated carbocycles. The number of ether oxygens (including phenoxy) is 4. The number of hydrogen-bond donors (Lipinski definition) is 0. The molecule has 0 amide bonds. The van der Waals surface area contributed by atoms with Gasteiger partial charge in [-0.2, -0.15) is 0 Å². The average molecular weight is 739 g/mol. The molecular weight excluding hydrogens is 677 g/mol. The Kier molecular flexibility index (Phi) is 11.3. The monoisotopic (exact) mass is 738 g/mol. The van der Waals surface area contributed by atoms with Gasteiger partial charge in [0, 0.05) is 12.5 Å². The summed E-state index contributed by atoms with van der Waals surface area (Å²) < 4.78 is 29.3. The zero-order valence-corrected chi connectivity index (χ0v) is 33.7. The van der Waals surface area contributed by atoms with Crippen LogP contribution in [0.5, 0.6) is 23.0 Å². The van der Waals surface area contributed by atoms with Crippen LogP contribution in [0.25, 0.3) is 11.0 Å². The van der Waals surface area contributed by atoms with E-state index < -0.39 is 0 Å². The average Bonchev–Trinajstić information content (AvgIpc) is 3.50. The van der Waals surface area contributed by atoms with Gasteiger partial charge in [0.1, 0.15) is 34.7 Å². The number of hydrogen-bond acceptors (Lipinski definition) is 7. The van der Waals surface area contributed by atoms with Crippen LogP contribution in [0.1, 0.15) is 118 Å². The summed E-state index contributed by atoms with van der Waals surface area (Å²) in [4.78, 5) is 26.4. The van der Waals surface area contributed by atoms with E-state index in [4.69, 9.17) is 23.4 Å². The molecule has 8 unspecified atom stereocenters. The quantitative estimate of drug-likeness (QED) is 0.127. The number of carbonyl (C=O) groups is 1. The number of carbonyl (C=O) groups excluding carboxylic acids is 1. The Morgan fingerprint density at radius 1 is 0.907 bits per heavy atom. The number of esters is 1. The summed E-state index contributed by atoms with van der Waals surface area (Å²) in [6.07, 6.45) is 16.0. The van der Waals surface area contributed by atoms with Crippen LogP contribution >= 0.6 is 0 Å². The number of rotatable bonds is 13. The lowest BCUT2D eigenvalue weighted by atomic mass is 9.47. The van der Waals surface area contributed by atoms with E-state index in [1.807, 2.05) is 6.92 Å². The van der Waals surface area contributed by atoms with E-state index in [0.29, 0.717) is 40.3 Å². The molecule has 3 aromatic rings. The van der Waals surface area contributed by atoms with Crippen molar-refractivity contribution in [2.75, 3.05) is 13.2 Å². The van der Waals surface area contributed by atoms with Crippen molar-refractivity contribution in [1.29, 1.82) is 0 Å². The molecule has 2 aromatic carbocycles. The van der Waals surface area contributed by atoms with E-state index in [1.54, 1.807) is 49.4 Å². The lowest BCUT2D eigenvalue weighted by molar-refractivity contribution is -0.153. The molecule has 0 aliphatic heterocycles. The highest BCUT2D eigenvalue weighted by Gasteiger charge is 2.59. The molecule has 8 atom stereocenters. The Morgan fingerprint density at radius 2 is 1.67 bits per heavy atom. The maximum Gasteiger partial charge on any atom is 0.344 e. The van der Waals surface area contributed by atoms with Crippen molar-refractivity contribution >= 4 is 16.9 Å². The Labute approximate surface area is 322 Å². The smallest absolute Gasteiger partial charge is 0.344 e. The highest BCUT2D eigenvalue weighted by molar-refractivity contribution is 5.80. The van der Waals surface area contributed by atoms with Crippen molar-refractivity contribution in [3.05, 3.63) is 70.1 Å². The topological polar surface area (TPSA) is 84.2 Å². The van der Waals surface area contributed by atoms with Gasteiger partial charge in [0.05, 0.1) is 12.0 Å². The van der Waals surface area contributed by atoms with Gasteiger partial charge in [0.2, 0.25) is 11.2 Å². The van der Waals surface area contributed by atoms with Crippen molar-refractivity contribution in [3.63, 3.8) is 0 Å². The van der Waals surface area contributed by atoms with Gasteiger partial charge in [0.25, 0.3) is 0 Å². The summed E-state index contributed by atoms with van der Waals surface area (Å²) in [5, 5.41) is 0.367. The molecule has 3 fully saturated rings. The molecular formula is C47H62O7. The Hall–Kier alpha value is -3.74. The molecule has 0 N–H and O–H groups in total. The van der Waals surface area contributed by atoms with Crippen molar-refractivity contribution in [1.82, 2.24) is 0 Å². The lowest BCUT2D eigenvalue weighted by Crippen LogP contribution is -2.51. The Balaban J connectivity index is 0.936. The zero-order chi connectivity index (χ0) is 38.2. The fraction of sp³-hybridized carbons (Fsp3) is 0.617. The molecule has 292 valence electrons. The van der Waals surface area contributed by atoms with Crippen LogP contribution in [0.4, 0.5) is 0 Å². The van der Waals surface area contributed by atoms with Crippen LogP contribution in [0, 0.1) is 53.3 Å². The minimum atomic E-state index is -0.373. The van der Waals surface area contributed by atoms with E-state index in [9.17, 15) is 9.59 Å². The standard InChI is InChI=1S/C47H62O7/c1-8-50-33-13-15-34(16-14-33)54-45-31(5)52-42-27-35(17-19-38(42)44(45)49)51-28-43(48)53-36-22-24-46(6)32(26-36)12-18-37-40-21-20-39(30(4)11-9-10-29(2)3)47(40,7)25-23-41(37)46/h12-17,19,27,29-30,36-37,39-41H,8-11,18,20-26,28H2,1-7H3. The first-order chi connectivity index (χ1) is 25.9. The van der Waals surface area contributed by atoms with Crippen LogP contribution in [-0.4, -0.2) is 25.3 Å². The Bertz CT molecular complexity index is 1890. The van der Waals surface area contributed by atoms with Gasteiger partial charge in [-0.1, -0.05) is 65.5 Å². The third-order valence-electron chi connectivity index (χ3n) is 14.3. The fourth-order valence-corrected chi connectivity index (χ4v) is 11.5. The molecule has 4 aliphatic carbocycles. The molecule has 1 aromatic heterocycles. The summed E-state index contributed by atoms with van der Waals surface area (Å²) in [5.74, 6) is 6.62. The predicted molar refractivity (Wildman–Crippen MR) is 213 cm³/mol. The maximum atomic E-state index is 13.3. The van der Waals surface area contributed by atoms with Gasteiger partial charge >= 0.3 is 5.97 Å². The van der Waals surface area contributed by atoms with Gasteiger partial charge in [-0.05, 0) is 142 Å². The second kappa shape index (κ2) is 15.8. The van der Waals surface area contributed by atoms with Crippen LogP contribution in [0.2, 0.25) is 0 Å². The van der Waals surface area contributed by atoms with E-state index in [-0.39, 0.29) is 35.3 Å². The number of aryl methyl sites for hydroxylation is 1. The molecule has 7 nitrogen and oxygen atoms in total. The maximum absolute atomic E-state index is 13.3. The van der Waals surface area contributed by atoms with Crippen molar-refractivity contribution in [2.24, 2.45) is 46.3 Å². The van der Waals surface area contributed by atoms with E-state index in [1.165, 1.54) is 56.9 Å². The molecule has 0 radical (unpaired) electrons. The third-order valence-corrected chi connectivity index (χ3v) is 14.3. The number of allylic oxidation sites excluding steroid dienone is 1. The summed E-state index contributed by atoms with van der Waals surface area (Å²) in [6.45, 7) is 16.4. The molecule has 0 saturated heterocycles. The minimum absolute atomic E-state index is 0.126. The van der Waals surface area contributed by atoms with Gasteiger partial charge in [0.15, 0.2) is 6.61 Å². The van der Waals surface area contributed by atoms with Crippen LogP contribution in [0.15, 0.2) is 63.3 Å². The summed E-state index contributed by atoms with van der Waals surface area (Å²) in [5.41, 5.74) is 2.29. The molecule has 4 aliphatic rings. The van der Waals surface area contributed by atoms with Crippen molar-refractivity contribution < 1.29 is 28.2 Å². The van der Waals surface area contributed by atoms with E-state index in [2.05, 4.69) is 40.7 Å². The summed E-state index contributed by atoms with van der Waals surface area (Å²) in [7, 11) is 0. The molecule has 0 bridgehead atoms. The van der Waals surface area contributed by atoms with Crippen molar-refractivity contribution in [3.8, 4) is 23.0 Å². The Morgan fingerprint density at radius 3 is 2.43 bits per heavy atom. The third kappa shape index (κ3) is 7.58. The van der Waals surface area contributed by atoms with E-state index in [0.717, 1.165) is 60.5 Å². The summed E-state index contributed by atoms with van der Waals surface area (Å²) >= 11 is 0. The van der Waals surface area contributed by atoms with Crippen LogP contribution in [0.3, 0.4) is 0 Å². The first-order valence-electron chi connectivity index (χ1n) is 20.9. The normalized spacial score (nSPS) is 29.5. The highest BCUT2D eigenvalue weighted by atomic mass is 16.6. The SMILES string of the molecule is CCOc1ccc(Oc2c(C)oc3cc(OCC(=O)OC4CCC5(C)C(=CCC6C5CCC5(C)C(C(C)CCCC(C)C)CCC65)C4)ccc3c2=O)cc1. The second-order valence-corrected chi connectivity index (χ2v) is 17.9. The molecule has 0 spiro atoms. The summed E-state index contributed by atoms with van der Waals surface area (Å²) in [6, 6.07) is 12.1. The fourth-order valence-electron chi connectivity index (χ4n) is 11.5. The van der Waals surface area contributed by atoms with Crippen LogP contribution < -0.4 is 19.6 Å². The molecule has 54 heavy (non-hydrogen) atoms. The highest BCUT2D eigenvalue weighted by Crippen LogP contribution is 2.67. The van der Waals surface area contributed by atoms with Crippen LogP contribution in [-0.2, 0) is 9.53 Å². The molecule has 1 heterocycles. The minimum Gasteiger partial charge on any atom is -0.494 e. The lowest BCUT2D eigenvalue weighted by Gasteiger charge is -2.58. The number of fused-ring (bicyclic) bond motifs is 6. The molecule has 7 rings (SSSR count). The van der Waals surface area contributed by atoms with Crippen molar-refractivity contribution in [2.45, 2.75) is 125 Å².